The van der Waals surface area contributed by atoms with Crippen LogP contribution >= 0.6 is 0 Å². The molecule has 0 N–H and O–H groups in total. The fraction of sp³-hybridized carbons (Fsp3) is 0.857. The SMILES string of the molecule is COOCC(C)(C)C(C)=O. The predicted octanol–water partition coefficient (Wildman–Crippen LogP) is 1.18. The molecule has 0 aromatic carbocycles. The first kappa shape index (κ1) is 9.59. The van der Waals surface area contributed by atoms with Gasteiger partial charge in [-0.2, -0.15) is 0 Å². The summed E-state index contributed by atoms with van der Waals surface area (Å²) in [6.07, 6.45) is 0. The summed E-state index contributed by atoms with van der Waals surface area (Å²) in [6, 6.07) is 0. The molecule has 0 fully saturated rings. The molecule has 0 saturated heterocycles. The summed E-state index contributed by atoms with van der Waals surface area (Å²) in [5.41, 5.74) is -0.435. The van der Waals surface area contributed by atoms with Crippen LogP contribution in [0.25, 0.3) is 0 Å². The van der Waals surface area contributed by atoms with Crippen molar-refractivity contribution in [3.8, 4) is 0 Å². The molecule has 60 valence electrons. The fourth-order valence-electron chi connectivity index (χ4n) is 0.308. The quantitative estimate of drug-likeness (QED) is 0.441. The van der Waals surface area contributed by atoms with E-state index >= 15 is 0 Å². The molecule has 3 nitrogen and oxygen atoms in total. The molecule has 0 saturated carbocycles. The second-order valence-electron chi connectivity index (χ2n) is 2.87. The molecule has 0 unspecified atom stereocenters. The van der Waals surface area contributed by atoms with Crippen molar-refractivity contribution < 1.29 is 14.6 Å². The van der Waals surface area contributed by atoms with Crippen LogP contribution in [0.1, 0.15) is 20.8 Å². The number of hydrogen-bond acceptors (Lipinski definition) is 3. The maximum absolute atomic E-state index is 10.8. The Balaban J connectivity index is 3.75. The zero-order valence-corrected chi connectivity index (χ0v) is 6.93. The molecule has 10 heavy (non-hydrogen) atoms. The summed E-state index contributed by atoms with van der Waals surface area (Å²) in [6.45, 7) is 5.47. The van der Waals surface area contributed by atoms with Crippen LogP contribution in [-0.2, 0) is 14.6 Å². The van der Waals surface area contributed by atoms with E-state index in [-0.39, 0.29) is 5.78 Å². The van der Waals surface area contributed by atoms with Gasteiger partial charge in [0.1, 0.15) is 5.78 Å². The van der Waals surface area contributed by atoms with Crippen LogP contribution in [0, 0.1) is 5.41 Å². The molecule has 3 heteroatoms. The zero-order chi connectivity index (χ0) is 8.20. The van der Waals surface area contributed by atoms with Crippen LogP contribution < -0.4 is 0 Å². The van der Waals surface area contributed by atoms with E-state index in [1.807, 2.05) is 13.8 Å². The summed E-state index contributed by atoms with van der Waals surface area (Å²) in [7, 11) is 1.43. The average Bonchev–Trinajstić information content (AvgIpc) is 1.84. The highest BCUT2D eigenvalue weighted by molar-refractivity contribution is 5.81. The van der Waals surface area contributed by atoms with Crippen molar-refractivity contribution in [3.05, 3.63) is 0 Å². The van der Waals surface area contributed by atoms with Crippen LogP contribution in [0.3, 0.4) is 0 Å². The van der Waals surface area contributed by atoms with Crippen molar-refractivity contribution in [2.75, 3.05) is 13.7 Å². The summed E-state index contributed by atoms with van der Waals surface area (Å²) in [5.74, 6) is 0.101. The van der Waals surface area contributed by atoms with Gasteiger partial charge < -0.3 is 0 Å². The first-order valence-corrected chi connectivity index (χ1v) is 3.17. The lowest BCUT2D eigenvalue weighted by atomic mass is 9.90. The zero-order valence-electron chi connectivity index (χ0n) is 6.93. The van der Waals surface area contributed by atoms with Crippen LogP contribution in [0.5, 0.6) is 0 Å². The van der Waals surface area contributed by atoms with Crippen LogP contribution in [0.4, 0.5) is 0 Å². The van der Waals surface area contributed by atoms with E-state index in [2.05, 4.69) is 9.78 Å². The van der Waals surface area contributed by atoms with E-state index in [1.54, 1.807) is 6.92 Å². The molecule has 0 atom stereocenters. The third kappa shape index (κ3) is 2.94. The average molecular weight is 146 g/mol. The van der Waals surface area contributed by atoms with Gasteiger partial charge in [0.05, 0.1) is 13.7 Å². The van der Waals surface area contributed by atoms with E-state index < -0.39 is 5.41 Å². The number of ketones is 1. The molecule has 0 aromatic rings. The molecule has 0 aliphatic rings. The smallest absolute Gasteiger partial charge is 0.137 e. The highest BCUT2D eigenvalue weighted by Gasteiger charge is 2.23. The van der Waals surface area contributed by atoms with E-state index in [4.69, 9.17) is 0 Å². The van der Waals surface area contributed by atoms with Crippen LogP contribution in [0.2, 0.25) is 0 Å². The minimum Gasteiger partial charge on any atom is -0.299 e. The van der Waals surface area contributed by atoms with Crippen LogP contribution in [-0.4, -0.2) is 19.5 Å². The summed E-state index contributed by atoms with van der Waals surface area (Å²) >= 11 is 0. The van der Waals surface area contributed by atoms with Gasteiger partial charge in [0.15, 0.2) is 0 Å². The lowest BCUT2D eigenvalue weighted by molar-refractivity contribution is -0.284. The van der Waals surface area contributed by atoms with Crippen LogP contribution in [0.15, 0.2) is 0 Å². The summed E-state index contributed by atoms with van der Waals surface area (Å²) < 4.78 is 0. The molecular formula is C7H14O3. The molecule has 0 aliphatic carbocycles. The minimum atomic E-state index is -0.435. The third-order valence-electron chi connectivity index (χ3n) is 1.49. The third-order valence-corrected chi connectivity index (χ3v) is 1.49. The van der Waals surface area contributed by atoms with E-state index in [1.165, 1.54) is 7.11 Å². The van der Waals surface area contributed by atoms with Gasteiger partial charge in [-0.05, 0) is 6.92 Å². The molecule has 0 spiro atoms. The Kier molecular flexibility index (Phi) is 3.53. The maximum atomic E-state index is 10.8. The van der Waals surface area contributed by atoms with E-state index in [9.17, 15) is 4.79 Å². The Morgan fingerprint density at radius 3 is 2.30 bits per heavy atom. The predicted molar refractivity (Wildman–Crippen MR) is 37.4 cm³/mol. The topological polar surface area (TPSA) is 35.5 Å². The summed E-state index contributed by atoms with van der Waals surface area (Å²) in [4.78, 5) is 19.9. The number of carbonyl (C=O) groups is 1. The number of Topliss-reactive ketones (excluding diaryl/α,β-unsaturated/α-hetero) is 1. The van der Waals surface area contributed by atoms with Crippen molar-refractivity contribution in [2.24, 2.45) is 5.41 Å². The molecule has 0 heterocycles. The Hall–Kier alpha value is -0.410. The fourth-order valence-corrected chi connectivity index (χ4v) is 0.308. The molecule has 0 amide bonds. The van der Waals surface area contributed by atoms with Gasteiger partial charge in [-0.15, -0.1) is 0 Å². The van der Waals surface area contributed by atoms with Crippen molar-refractivity contribution in [1.82, 2.24) is 0 Å². The Bertz CT molecular complexity index is 118. The van der Waals surface area contributed by atoms with Crippen molar-refractivity contribution in [3.63, 3.8) is 0 Å². The Labute approximate surface area is 61.2 Å². The number of hydrogen-bond donors (Lipinski definition) is 0. The lowest BCUT2D eigenvalue weighted by Gasteiger charge is -2.18. The Morgan fingerprint density at radius 1 is 1.50 bits per heavy atom. The molecule has 0 aliphatic heterocycles. The van der Waals surface area contributed by atoms with Gasteiger partial charge >= 0.3 is 0 Å². The second-order valence-corrected chi connectivity index (χ2v) is 2.87. The number of rotatable bonds is 4. The normalized spacial score (nSPS) is 11.6. The molecular weight excluding hydrogens is 132 g/mol. The van der Waals surface area contributed by atoms with Gasteiger partial charge in [0.25, 0.3) is 0 Å². The maximum Gasteiger partial charge on any atom is 0.137 e. The first-order chi connectivity index (χ1) is 4.50. The van der Waals surface area contributed by atoms with Gasteiger partial charge in [0.2, 0.25) is 0 Å². The highest BCUT2D eigenvalue weighted by Crippen LogP contribution is 2.15. The first-order valence-electron chi connectivity index (χ1n) is 3.17. The second kappa shape index (κ2) is 3.68. The Morgan fingerprint density at radius 2 is 2.00 bits per heavy atom. The number of carbonyl (C=O) groups excluding carboxylic acids is 1. The molecule has 0 bridgehead atoms. The monoisotopic (exact) mass is 146 g/mol. The van der Waals surface area contributed by atoms with Gasteiger partial charge in [-0.3, -0.25) is 4.79 Å². The molecule has 0 radical (unpaired) electrons. The minimum absolute atomic E-state index is 0.101. The van der Waals surface area contributed by atoms with Gasteiger partial charge in [-0.1, -0.05) is 13.8 Å². The van der Waals surface area contributed by atoms with Crippen molar-refractivity contribution >= 4 is 5.78 Å². The van der Waals surface area contributed by atoms with Gasteiger partial charge in [0, 0.05) is 5.41 Å². The highest BCUT2D eigenvalue weighted by atomic mass is 17.2. The van der Waals surface area contributed by atoms with Crippen molar-refractivity contribution in [1.29, 1.82) is 0 Å². The van der Waals surface area contributed by atoms with Gasteiger partial charge in [-0.25, -0.2) is 9.78 Å². The lowest BCUT2D eigenvalue weighted by Crippen LogP contribution is -2.27. The van der Waals surface area contributed by atoms with Crippen molar-refractivity contribution in [2.45, 2.75) is 20.8 Å². The van der Waals surface area contributed by atoms with E-state index in [0.717, 1.165) is 0 Å². The standard InChI is InChI=1S/C7H14O3/c1-6(8)7(2,3)5-10-9-4/h5H2,1-4H3. The van der Waals surface area contributed by atoms with E-state index in [0.29, 0.717) is 6.61 Å². The molecule has 0 rings (SSSR count). The summed E-state index contributed by atoms with van der Waals surface area (Å²) in [5, 5.41) is 0. The molecule has 0 aromatic heterocycles. The largest absolute Gasteiger partial charge is 0.299 e.